The van der Waals surface area contributed by atoms with Crippen LogP contribution in [0.25, 0.3) is 0 Å². The predicted octanol–water partition coefficient (Wildman–Crippen LogP) is 2.15. The fourth-order valence-electron chi connectivity index (χ4n) is 0.877. The third-order valence-electron chi connectivity index (χ3n) is 1.43. The number of aryl methyl sites for hydroxylation is 1. The number of nitrogens with two attached hydrogens (primary N) is 1. The van der Waals surface area contributed by atoms with E-state index in [2.05, 4.69) is 0 Å². The van der Waals surface area contributed by atoms with Crippen molar-refractivity contribution in [1.82, 2.24) is 0 Å². The van der Waals surface area contributed by atoms with Crippen molar-refractivity contribution in [3.8, 4) is 0 Å². The fourth-order valence-corrected chi connectivity index (χ4v) is 0.877. The van der Waals surface area contributed by atoms with Gasteiger partial charge < -0.3 is 5.73 Å². The Morgan fingerprint density at radius 3 is 2.25 bits per heavy atom. The Kier molecular flexibility index (Phi) is 5.47. The molecule has 0 spiro atoms. The maximum atomic E-state index is 5.46. The van der Waals surface area contributed by atoms with Crippen LogP contribution in [0.2, 0.25) is 0 Å². The minimum atomic E-state index is -0.347. The topological polar surface area (TPSA) is 26.0 Å². The third kappa shape index (κ3) is 3.58. The van der Waals surface area contributed by atoms with E-state index in [9.17, 15) is 0 Å². The molecule has 0 fully saturated rings. The molecule has 0 aliphatic carbocycles. The Morgan fingerprint density at radius 1 is 1.33 bits per heavy atom. The standard InChI is InChI=1S/C8H10BN.C2H6/c1-6-3-2-4-7(5-6)8(9)10;1-2/h2-5,8H,10H2,1H3;1-2H3. The molecule has 2 radical (unpaired) electrons. The normalized spacial score (nSPS) is 11.3. The molecule has 1 nitrogen and oxygen atoms in total. The minimum Gasteiger partial charge on any atom is -0.332 e. The minimum absolute atomic E-state index is 0.347. The molecule has 2 N–H and O–H groups in total. The summed E-state index contributed by atoms with van der Waals surface area (Å²) in [5.41, 5.74) is 7.64. The first kappa shape index (κ1) is 11.2. The van der Waals surface area contributed by atoms with E-state index >= 15 is 0 Å². The van der Waals surface area contributed by atoms with Crippen LogP contribution in [0.1, 0.15) is 30.9 Å². The summed E-state index contributed by atoms with van der Waals surface area (Å²) in [6.45, 7) is 6.02. The summed E-state index contributed by atoms with van der Waals surface area (Å²) in [5.74, 6) is -0.347. The molecule has 0 bridgehead atoms. The van der Waals surface area contributed by atoms with Gasteiger partial charge in [-0.05, 0) is 18.4 Å². The number of hydrogen-bond donors (Lipinski definition) is 1. The van der Waals surface area contributed by atoms with Gasteiger partial charge in [0, 0.05) is 0 Å². The Hall–Kier alpha value is -0.755. The van der Waals surface area contributed by atoms with Crippen LogP contribution in [0.4, 0.5) is 0 Å². The Morgan fingerprint density at radius 2 is 1.92 bits per heavy atom. The van der Waals surface area contributed by atoms with E-state index in [0.717, 1.165) is 5.56 Å². The number of rotatable bonds is 1. The molecule has 0 aliphatic heterocycles. The van der Waals surface area contributed by atoms with Gasteiger partial charge >= 0.3 is 0 Å². The molecule has 0 aromatic heterocycles. The lowest BCUT2D eigenvalue weighted by Crippen LogP contribution is -2.09. The smallest absolute Gasteiger partial charge is 0.0968 e. The van der Waals surface area contributed by atoms with Crippen molar-refractivity contribution < 1.29 is 0 Å². The first-order valence-electron chi connectivity index (χ1n) is 4.28. The van der Waals surface area contributed by atoms with Gasteiger partial charge in [0.05, 0.1) is 7.85 Å². The van der Waals surface area contributed by atoms with Crippen molar-refractivity contribution in [2.75, 3.05) is 0 Å². The van der Waals surface area contributed by atoms with Crippen molar-refractivity contribution in [3.63, 3.8) is 0 Å². The molecular weight excluding hydrogens is 145 g/mol. The van der Waals surface area contributed by atoms with Gasteiger partial charge in [-0.3, -0.25) is 0 Å². The van der Waals surface area contributed by atoms with Gasteiger partial charge in [0.2, 0.25) is 0 Å². The summed E-state index contributed by atoms with van der Waals surface area (Å²) in [6, 6.07) is 7.89. The zero-order chi connectivity index (χ0) is 9.56. The largest absolute Gasteiger partial charge is 0.332 e. The molecule has 0 saturated heterocycles. The van der Waals surface area contributed by atoms with Gasteiger partial charge in [-0.15, -0.1) is 0 Å². The summed E-state index contributed by atoms with van der Waals surface area (Å²) in [4.78, 5) is 0. The van der Waals surface area contributed by atoms with E-state index in [1.54, 1.807) is 0 Å². The van der Waals surface area contributed by atoms with Gasteiger partial charge in [-0.1, -0.05) is 43.7 Å². The Labute approximate surface area is 76.4 Å². The van der Waals surface area contributed by atoms with Crippen LogP contribution in [0.5, 0.6) is 0 Å². The van der Waals surface area contributed by atoms with Crippen LogP contribution in [0.15, 0.2) is 24.3 Å². The monoisotopic (exact) mass is 161 g/mol. The van der Waals surface area contributed by atoms with Crippen LogP contribution < -0.4 is 5.73 Å². The molecule has 2 heteroatoms. The molecule has 12 heavy (non-hydrogen) atoms. The quantitative estimate of drug-likeness (QED) is 0.627. The van der Waals surface area contributed by atoms with Gasteiger partial charge in [-0.2, -0.15) is 0 Å². The summed E-state index contributed by atoms with van der Waals surface area (Å²) in [6.07, 6.45) is 0. The van der Waals surface area contributed by atoms with E-state index in [1.165, 1.54) is 5.56 Å². The molecule has 64 valence electrons. The molecule has 0 saturated carbocycles. The summed E-state index contributed by atoms with van der Waals surface area (Å²) < 4.78 is 0. The van der Waals surface area contributed by atoms with Crippen LogP contribution >= 0.6 is 0 Å². The molecule has 1 rings (SSSR count). The zero-order valence-corrected chi connectivity index (χ0v) is 8.04. The van der Waals surface area contributed by atoms with Crippen LogP contribution in [-0.2, 0) is 0 Å². The summed E-state index contributed by atoms with van der Waals surface area (Å²) in [5, 5.41) is 0. The van der Waals surface area contributed by atoms with Crippen molar-refractivity contribution in [1.29, 1.82) is 0 Å². The summed E-state index contributed by atoms with van der Waals surface area (Å²) in [7, 11) is 5.46. The lowest BCUT2D eigenvalue weighted by Gasteiger charge is -2.05. The highest BCUT2D eigenvalue weighted by Crippen LogP contribution is 2.08. The Balaban J connectivity index is 0.000000561. The first-order valence-corrected chi connectivity index (χ1v) is 4.28. The molecular formula is C10H16BN. The van der Waals surface area contributed by atoms with Gasteiger partial charge in [0.1, 0.15) is 0 Å². The predicted molar refractivity (Wildman–Crippen MR) is 55.2 cm³/mol. The molecule has 0 heterocycles. The molecule has 1 aromatic rings. The molecule has 1 atom stereocenters. The SMILES string of the molecule is CC.[B]C(N)c1cccc(C)c1. The van der Waals surface area contributed by atoms with Gasteiger partial charge in [-0.25, -0.2) is 0 Å². The maximum absolute atomic E-state index is 5.46. The van der Waals surface area contributed by atoms with Crippen LogP contribution in [0.3, 0.4) is 0 Å². The van der Waals surface area contributed by atoms with Crippen molar-refractivity contribution in [2.45, 2.75) is 26.7 Å². The van der Waals surface area contributed by atoms with Gasteiger partial charge in [0.15, 0.2) is 0 Å². The average molecular weight is 161 g/mol. The van der Waals surface area contributed by atoms with E-state index in [0.29, 0.717) is 0 Å². The fraction of sp³-hybridized carbons (Fsp3) is 0.400. The lowest BCUT2D eigenvalue weighted by atomic mass is 9.89. The zero-order valence-electron chi connectivity index (χ0n) is 8.04. The van der Waals surface area contributed by atoms with Crippen LogP contribution in [0, 0.1) is 6.92 Å². The first-order chi connectivity index (χ1) is 5.70. The second kappa shape index (κ2) is 5.84. The lowest BCUT2D eigenvalue weighted by molar-refractivity contribution is 1.01. The highest BCUT2D eigenvalue weighted by atomic mass is 14.6. The van der Waals surface area contributed by atoms with Gasteiger partial charge in [0.25, 0.3) is 0 Å². The average Bonchev–Trinajstić information content (AvgIpc) is 2.08. The third-order valence-corrected chi connectivity index (χ3v) is 1.43. The van der Waals surface area contributed by atoms with E-state index < -0.39 is 0 Å². The van der Waals surface area contributed by atoms with Crippen molar-refractivity contribution in [2.24, 2.45) is 5.73 Å². The van der Waals surface area contributed by atoms with E-state index in [4.69, 9.17) is 13.6 Å². The molecule has 1 unspecified atom stereocenters. The van der Waals surface area contributed by atoms with Crippen molar-refractivity contribution >= 4 is 7.85 Å². The summed E-state index contributed by atoms with van der Waals surface area (Å²) >= 11 is 0. The highest BCUT2D eigenvalue weighted by molar-refractivity contribution is 6.11. The molecule has 0 aliphatic rings. The van der Waals surface area contributed by atoms with Crippen molar-refractivity contribution in [3.05, 3.63) is 35.4 Å². The van der Waals surface area contributed by atoms with E-state index in [-0.39, 0.29) is 5.94 Å². The van der Waals surface area contributed by atoms with E-state index in [1.807, 2.05) is 45.0 Å². The number of benzene rings is 1. The highest BCUT2D eigenvalue weighted by Gasteiger charge is 1.96. The molecule has 0 amide bonds. The Bertz CT molecular complexity index is 221. The second-order valence-electron chi connectivity index (χ2n) is 2.44. The maximum Gasteiger partial charge on any atom is 0.0968 e. The number of hydrogen-bond acceptors (Lipinski definition) is 1. The van der Waals surface area contributed by atoms with Crippen LogP contribution in [-0.4, -0.2) is 7.85 Å². The molecule has 1 aromatic carbocycles. The second-order valence-corrected chi connectivity index (χ2v) is 2.44.